The van der Waals surface area contributed by atoms with Gasteiger partial charge in [-0.15, -0.1) is 0 Å². The van der Waals surface area contributed by atoms with Gasteiger partial charge in [-0.2, -0.15) is 0 Å². The van der Waals surface area contributed by atoms with Gasteiger partial charge < -0.3 is 14.6 Å². The highest BCUT2D eigenvalue weighted by molar-refractivity contribution is 7.80. The maximum atomic E-state index is 13.5. The Kier molecular flexibility index (Phi) is 5.18. The lowest BCUT2D eigenvalue weighted by Crippen LogP contribution is -2.29. The highest BCUT2D eigenvalue weighted by Crippen LogP contribution is 2.42. The van der Waals surface area contributed by atoms with E-state index < -0.39 is 0 Å². The molecule has 2 aromatic heterocycles. The zero-order chi connectivity index (χ0) is 21.4. The van der Waals surface area contributed by atoms with Crippen LogP contribution in [0.25, 0.3) is 11.3 Å². The quantitative estimate of drug-likeness (QED) is 0.370. The highest BCUT2D eigenvalue weighted by atomic mass is 35.5. The van der Waals surface area contributed by atoms with Crippen LogP contribution in [0, 0.1) is 5.82 Å². The maximum absolute atomic E-state index is 13.5. The number of hydrogen-bond acceptors (Lipinski definition) is 3. The number of furan rings is 1. The molecule has 2 atom stereocenters. The molecule has 1 aliphatic heterocycles. The molecule has 1 fully saturated rings. The molecule has 2 aromatic carbocycles. The Bertz CT molecular complexity index is 1210. The first-order chi connectivity index (χ1) is 15.1. The van der Waals surface area contributed by atoms with Crippen molar-refractivity contribution in [2.45, 2.75) is 12.1 Å². The van der Waals surface area contributed by atoms with Gasteiger partial charge in [0, 0.05) is 22.5 Å². The van der Waals surface area contributed by atoms with Crippen molar-refractivity contribution < 1.29 is 8.81 Å². The van der Waals surface area contributed by atoms with Gasteiger partial charge in [-0.25, -0.2) is 4.39 Å². The monoisotopic (exact) mass is 449 g/mol. The van der Waals surface area contributed by atoms with Gasteiger partial charge in [-0.3, -0.25) is 4.98 Å². The van der Waals surface area contributed by atoms with Crippen molar-refractivity contribution in [2.75, 3.05) is 4.90 Å². The second-order valence-electron chi connectivity index (χ2n) is 7.18. The molecule has 0 spiro atoms. The van der Waals surface area contributed by atoms with Gasteiger partial charge in [0.15, 0.2) is 5.11 Å². The molecule has 0 saturated carbocycles. The molecule has 1 N–H and O–H groups in total. The zero-order valence-corrected chi connectivity index (χ0v) is 17.8. The van der Waals surface area contributed by atoms with Crippen LogP contribution in [-0.4, -0.2) is 10.1 Å². The molecule has 7 heteroatoms. The lowest BCUT2D eigenvalue weighted by Gasteiger charge is -2.26. The maximum Gasteiger partial charge on any atom is 0.174 e. The van der Waals surface area contributed by atoms with Crippen molar-refractivity contribution >= 4 is 34.6 Å². The Morgan fingerprint density at radius 1 is 0.968 bits per heavy atom. The van der Waals surface area contributed by atoms with Crippen LogP contribution in [-0.2, 0) is 0 Å². The molecule has 0 radical (unpaired) electrons. The van der Waals surface area contributed by atoms with E-state index in [-0.39, 0.29) is 17.9 Å². The second-order valence-corrected chi connectivity index (χ2v) is 8.01. The van der Waals surface area contributed by atoms with Crippen molar-refractivity contribution in [3.05, 3.63) is 107 Å². The minimum atomic E-state index is -0.303. The summed E-state index contributed by atoms with van der Waals surface area (Å²) < 4.78 is 19.8. The molecule has 3 heterocycles. The molecule has 154 valence electrons. The van der Waals surface area contributed by atoms with Crippen LogP contribution in [0.15, 0.2) is 89.5 Å². The molecule has 0 unspecified atom stereocenters. The Labute approximate surface area is 189 Å². The first kappa shape index (κ1) is 19.7. The number of rotatable bonds is 4. The van der Waals surface area contributed by atoms with Crippen LogP contribution in [0.4, 0.5) is 10.1 Å². The molecule has 4 nitrogen and oxygen atoms in total. The van der Waals surface area contributed by atoms with Crippen molar-refractivity contribution in [3.63, 3.8) is 0 Å². The van der Waals surface area contributed by atoms with Gasteiger partial charge in [0.2, 0.25) is 0 Å². The van der Waals surface area contributed by atoms with Crippen LogP contribution in [0.2, 0.25) is 5.02 Å². The lowest BCUT2D eigenvalue weighted by atomic mass is 10.0. The van der Waals surface area contributed by atoms with E-state index in [9.17, 15) is 4.39 Å². The molecule has 31 heavy (non-hydrogen) atoms. The molecule has 0 bridgehead atoms. The van der Waals surface area contributed by atoms with Gasteiger partial charge in [0.05, 0.1) is 11.7 Å². The number of benzene rings is 2. The minimum Gasteiger partial charge on any atom is -0.459 e. The normalized spacial score (nSPS) is 18.3. The van der Waals surface area contributed by atoms with Crippen LogP contribution >= 0.6 is 23.8 Å². The van der Waals surface area contributed by atoms with E-state index >= 15 is 0 Å². The van der Waals surface area contributed by atoms with Crippen LogP contribution in [0.3, 0.4) is 0 Å². The molecule has 1 saturated heterocycles. The number of halogens is 2. The van der Waals surface area contributed by atoms with E-state index in [1.165, 1.54) is 12.1 Å². The fourth-order valence-electron chi connectivity index (χ4n) is 3.80. The summed E-state index contributed by atoms with van der Waals surface area (Å²) in [5.74, 6) is 1.14. The number of nitrogens with one attached hydrogen (secondary N) is 1. The third-order valence-electron chi connectivity index (χ3n) is 5.25. The smallest absolute Gasteiger partial charge is 0.174 e. The summed E-state index contributed by atoms with van der Waals surface area (Å²) in [7, 11) is 0. The van der Waals surface area contributed by atoms with Crippen LogP contribution in [0.1, 0.15) is 23.5 Å². The first-order valence-electron chi connectivity index (χ1n) is 9.72. The fourth-order valence-corrected chi connectivity index (χ4v) is 4.28. The lowest BCUT2D eigenvalue weighted by molar-refractivity contribution is 0.439. The molecular formula is C24H17ClFN3OS. The predicted octanol–water partition coefficient (Wildman–Crippen LogP) is 6.31. The second kappa shape index (κ2) is 8.13. The largest absolute Gasteiger partial charge is 0.459 e. The van der Waals surface area contributed by atoms with E-state index in [1.54, 1.807) is 18.3 Å². The van der Waals surface area contributed by atoms with Crippen molar-refractivity contribution in [1.29, 1.82) is 0 Å². The fraction of sp³-hybridized carbons (Fsp3) is 0.0833. The highest BCUT2D eigenvalue weighted by Gasteiger charge is 2.42. The van der Waals surface area contributed by atoms with Gasteiger partial charge in [0.1, 0.15) is 23.4 Å². The van der Waals surface area contributed by atoms with Crippen LogP contribution < -0.4 is 10.2 Å². The SMILES string of the molecule is Fc1ccc(N2C(=S)N[C@@H](c3ccccn3)[C@H]2c2ccc(-c3ccc(Cl)cc3)o2)cc1. The summed E-state index contributed by atoms with van der Waals surface area (Å²) in [5, 5.41) is 4.55. The summed E-state index contributed by atoms with van der Waals surface area (Å²) >= 11 is 11.7. The first-order valence-corrected chi connectivity index (χ1v) is 10.5. The molecule has 0 amide bonds. The molecule has 5 rings (SSSR count). The third kappa shape index (κ3) is 3.80. The number of aromatic nitrogens is 1. The topological polar surface area (TPSA) is 41.3 Å². The van der Waals surface area contributed by atoms with Gasteiger partial charge in [-0.1, -0.05) is 17.7 Å². The van der Waals surface area contributed by atoms with Crippen LogP contribution in [0.5, 0.6) is 0 Å². The van der Waals surface area contributed by atoms with Crippen molar-refractivity contribution in [2.24, 2.45) is 0 Å². The Morgan fingerprint density at radius 2 is 1.74 bits per heavy atom. The van der Waals surface area contributed by atoms with Gasteiger partial charge >= 0.3 is 0 Å². The number of hydrogen-bond donors (Lipinski definition) is 1. The summed E-state index contributed by atoms with van der Waals surface area (Å²) in [6.07, 6.45) is 1.75. The Morgan fingerprint density at radius 3 is 2.45 bits per heavy atom. The number of pyridine rings is 1. The average molecular weight is 450 g/mol. The van der Waals surface area contributed by atoms with E-state index in [0.29, 0.717) is 10.1 Å². The van der Waals surface area contributed by atoms with Crippen molar-refractivity contribution in [3.8, 4) is 11.3 Å². The summed E-state index contributed by atoms with van der Waals surface area (Å²) in [6, 6.07) is 22.8. The van der Waals surface area contributed by atoms with E-state index in [0.717, 1.165) is 28.5 Å². The summed E-state index contributed by atoms with van der Waals surface area (Å²) in [5.41, 5.74) is 2.53. The Hall–Kier alpha value is -3.22. The molecular weight excluding hydrogens is 433 g/mol. The van der Waals surface area contributed by atoms with E-state index in [4.69, 9.17) is 28.2 Å². The predicted molar refractivity (Wildman–Crippen MR) is 123 cm³/mol. The summed E-state index contributed by atoms with van der Waals surface area (Å²) in [6.45, 7) is 0. The third-order valence-corrected chi connectivity index (χ3v) is 5.82. The van der Waals surface area contributed by atoms with E-state index in [2.05, 4.69) is 10.3 Å². The Balaban J connectivity index is 1.59. The number of nitrogens with zero attached hydrogens (tertiary/aromatic N) is 2. The standard InChI is InChI=1S/C24H17ClFN3OS/c25-16-6-4-15(5-7-16)20-12-13-21(30-20)23-22(19-3-1-2-14-27-19)28-24(31)29(23)18-10-8-17(26)9-11-18/h1-14,22-23H,(H,28,31)/t22-,23+/m0/s1. The molecule has 1 aliphatic rings. The van der Waals surface area contributed by atoms with Gasteiger partial charge in [0.25, 0.3) is 0 Å². The van der Waals surface area contributed by atoms with Gasteiger partial charge in [-0.05, 0) is 85.0 Å². The summed E-state index contributed by atoms with van der Waals surface area (Å²) in [4.78, 5) is 6.47. The molecule has 0 aliphatic carbocycles. The number of anilines is 1. The number of thiocarbonyl (C=S) groups is 1. The zero-order valence-electron chi connectivity index (χ0n) is 16.2. The van der Waals surface area contributed by atoms with Crippen molar-refractivity contribution in [1.82, 2.24) is 10.3 Å². The average Bonchev–Trinajstić information content (AvgIpc) is 3.40. The molecule has 4 aromatic rings. The van der Waals surface area contributed by atoms with E-state index in [1.807, 2.05) is 59.5 Å². The minimum absolute atomic E-state index is 0.233.